The van der Waals surface area contributed by atoms with Crippen molar-refractivity contribution in [2.75, 3.05) is 5.32 Å². The first kappa shape index (κ1) is 18.4. The van der Waals surface area contributed by atoms with Gasteiger partial charge in [-0.25, -0.2) is 22.4 Å². The van der Waals surface area contributed by atoms with Gasteiger partial charge in [0.25, 0.3) is 5.91 Å². The minimum atomic E-state index is -1.41. The van der Waals surface area contributed by atoms with Gasteiger partial charge in [0.15, 0.2) is 11.6 Å². The van der Waals surface area contributed by atoms with E-state index in [0.29, 0.717) is 0 Å². The number of benzene rings is 2. The molecule has 3 amide bonds. The Kier molecular flexibility index (Phi) is 4.85. The normalized spacial score (nSPS) is 16.6. The summed E-state index contributed by atoms with van der Waals surface area (Å²) in [5.74, 6) is -5.02. The van der Waals surface area contributed by atoms with Crippen LogP contribution in [0.4, 0.5) is 28.0 Å². The van der Waals surface area contributed by atoms with Crippen molar-refractivity contribution < 1.29 is 27.2 Å². The fraction of sp³-hybridized carbons (Fsp3) is 0.111. The number of anilines is 1. The van der Waals surface area contributed by atoms with Crippen LogP contribution < -0.4 is 16.0 Å². The standard InChI is InChI=1S/C18H13F4N3O2/c1-8-14(17(26)24-9-5-6-10(19)13(22)7-9)16(25-18(27)23-8)15-11(20)3-2-4-12(15)21/h2-7,16H,1H3,(H,24,26)(H2,23,25,27)/t16-/m1/s1. The van der Waals surface area contributed by atoms with Gasteiger partial charge in [-0.2, -0.15) is 0 Å². The van der Waals surface area contributed by atoms with E-state index in [4.69, 9.17) is 0 Å². The highest BCUT2D eigenvalue weighted by Gasteiger charge is 2.34. The summed E-state index contributed by atoms with van der Waals surface area (Å²) >= 11 is 0. The number of carbonyl (C=O) groups is 2. The molecule has 9 heteroatoms. The Labute approximate surface area is 151 Å². The maximum Gasteiger partial charge on any atom is 0.319 e. The van der Waals surface area contributed by atoms with E-state index in [-0.39, 0.29) is 17.0 Å². The Balaban J connectivity index is 2.01. The molecule has 3 rings (SSSR count). The van der Waals surface area contributed by atoms with Crippen LogP contribution in [0.25, 0.3) is 0 Å². The summed E-state index contributed by atoms with van der Waals surface area (Å²) in [6.45, 7) is 1.38. The monoisotopic (exact) mass is 379 g/mol. The SMILES string of the molecule is CC1=C(C(=O)Nc2ccc(F)c(F)c2)[C@H](c2c(F)cccc2F)NC(=O)N1. The number of halogens is 4. The van der Waals surface area contributed by atoms with Gasteiger partial charge in [0.2, 0.25) is 0 Å². The van der Waals surface area contributed by atoms with Crippen molar-refractivity contribution in [3.63, 3.8) is 0 Å². The fourth-order valence-electron chi connectivity index (χ4n) is 2.77. The van der Waals surface area contributed by atoms with Crippen LogP contribution in [0.15, 0.2) is 47.7 Å². The zero-order valence-corrected chi connectivity index (χ0v) is 13.9. The molecule has 0 bridgehead atoms. The van der Waals surface area contributed by atoms with Gasteiger partial charge in [0.05, 0.1) is 17.2 Å². The topological polar surface area (TPSA) is 70.2 Å². The Bertz CT molecular complexity index is 955. The highest BCUT2D eigenvalue weighted by atomic mass is 19.2. The molecule has 1 atom stereocenters. The molecule has 0 spiro atoms. The molecule has 2 aromatic rings. The second-order valence-corrected chi connectivity index (χ2v) is 5.79. The fourth-order valence-corrected chi connectivity index (χ4v) is 2.77. The predicted molar refractivity (Wildman–Crippen MR) is 88.5 cm³/mol. The van der Waals surface area contributed by atoms with Crippen LogP contribution in [0.2, 0.25) is 0 Å². The minimum absolute atomic E-state index is 0.0616. The van der Waals surface area contributed by atoms with E-state index in [1.54, 1.807) is 0 Å². The van der Waals surface area contributed by atoms with Gasteiger partial charge in [-0.1, -0.05) is 6.07 Å². The average molecular weight is 379 g/mol. The molecule has 27 heavy (non-hydrogen) atoms. The van der Waals surface area contributed by atoms with Gasteiger partial charge in [0, 0.05) is 17.5 Å². The first-order chi connectivity index (χ1) is 12.8. The highest BCUT2D eigenvalue weighted by molar-refractivity contribution is 6.06. The molecule has 0 unspecified atom stereocenters. The Hall–Kier alpha value is -3.36. The third kappa shape index (κ3) is 3.62. The predicted octanol–water partition coefficient (Wildman–Crippen LogP) is 3.51. The second kappa shape index (κ2) is 7.10. The molecule has 2 aromatic carbocycles. The molecule has 0 radical (unpaired) electrons. The quantitative estimate of drug-likeness (QED) is 0.715. The van der Waals surface area contributed by atoms with Crippen molar-refractivity contribution in [1.82, 2.24) is 10.6 Å². The summed E-state index contributed by atoms with van der Waals surface area (Å²) in [5, 5.41) is 6.97. The van der Waals surface area contributed by atoms with Gasteiger partial charge in [-0.05, 0) is 31.2 Å². The van der Waals surface area contributed by atoms with Gasteiger partial charge in [0.1, 0.15) is 11.6 Å². The largest absolute Gasteiger partial charge is 0.326 e. The number of amides is 3. The van der Waals surface area contributed by atoms with Crippen LogP contribution in [-0.4, -0.2) is 11.9 Å². The Morgan fingerprint density at radius 3 is 2.30 bits per heavy atom. The van der Waals surface area contributed by atoms with Crippen LogP contribution in [-0.2, 0) is 4.79 Å². The first-order valence-electron chi connectivity index (χ1n) is 7.76. The van der Waals surface area contributed by atoms with Gasteiger partial charge in [-0.15, -0.1) is 0 Å². The summed E-state index contributed by atoms with van der Waals surface area (Å²) < 4.78 is 54.8. The van der Waals surface area contributed by atoms with Crippen LogP contribution in [0.1, 0.15) is 18.5 Å². The van der Waals surface area contributed by atoms with E-state index >= 15 is 0 Å². The van der Waals surface area contributed by atoms with E-state index < -0.39 is 46.8 Å². The molecule has 0 saturated carbocycles. The van der Waals surface area contributed by atoms with Crippen LogP contribution in [0.5, 0.6) is 0 Å². The molecule has 0 aromatic heterocycles. The van der Waals surface area contributed by atoms with Crippen LogP contribution in [0, 0.1) is 23.3 Å². The Morgan fingerprint density at radius 2 is 1.67 bits per heavy atom. The van der Waals surface area contributed by atoms with E-state index in [0.717, 1.165) is 36.4 Å². The number of nitrogens with one attached hydrogen (secondary N) is 3. The molecule has 0 saturated heterocycles. The number of urea groups is 1. The number of carbonyl (C=O) groups excluding carboxylic acids is 2. The summed E-state index contributed by atoms with van der Waals surface area (Å²) in [5.41, 5.74) is -0.694. The molecule has 140 valence electrons. The van der Waals surface area contributed by atoms with Crippen molar-refractivity contribution in [3.05, 3.63) is 76.5 Å². The van der Waals surface area contributed by atoms with Gasteiger partial charge >= 0.3 is 6.03 Å². The number of hydrogen-bond acceptors (Lipinski definition) is 2. The number of allylic oxidation sites excluding steroid dienone is 1. The molecule has 0 fully saturated rings. The van der Waals surface area contributed by atoms with Crippen LogP contribution in [0.3, 0.4) is 0 Å². The smallest absolute Gasteiger partial charge is 0.319 e. The molecule has 5 nitrogen and oxygen atoms in total. The van der Waals surface area contributed by atoms with E-state index in [2.05, 4.69) is 16.0 Å². The van der Waals surface area contributed by atoms with Crippen molar-refractivity contribution in [1.29, 1.82) is 0 Å². The average Bonchev–Trinajstić information content (AvgIpc) is 2.57. The third-order valence-corrected chi connectivity index (χ3v) is 3.98. The lowest BCUT2D eigenvalue weighted by molar-refractivity contribution is -0.113. The van der Waals surface area contributed by atoms with Gasteiger partial charge in [-0.3, -0.25) is 4.79 Å². The van der Waals surface area contributed by atoms with Crippen molar-refractivity contribution >= 4 is 17.6 Å². The zero-order chi connectivity index (χ0) is 19.7. The lowest BCUT2D eigenvalue weighted by Crippen LogP contribution is -2.46. The molecule has 1 aliphatic heterocycles. The van der Waals surface area contributed by atoms with E-state index in [1.165, 1.54) is 6.92 Å². The molecule has 1 aliphatic rings. The Morgan fingerprint density at radius 1 is 1.00 bits per heavy atom. The summed E-state index contributed by atoms with van der Waals surface area (Å²) in [6.07, 6.45) is 0. The molecule has 0 aliphatic carbocycles. The van der Waals surface area contributed by atoms with Gasteiger partial charge < -0.3 is 16.0 Å². The van der Waals surface area contributed by atoms with E-state index in [1.807, 2.05) is 0 Å². The maximum atomic E-state index is 14.2. The zero-order valence-electron chi connectivity index (χ0n) is 13.9. The molecule has 3 N–H and O–H groups in total. The minimum Gasteiger partial charge on any atom is -0.326 e. The highest BCUT2D eigenvalue weighted by Crippen LogP contribution is 2.31. The van der Waals surface area contributed by atoms with Crippen LogP contribution >= 0.6 is 0 Å². The molecule has 1 heterocycles. The summed E-state index contributed by atoms with van der Waals surface area (Å²) in [6, 6.07) is 3.68. The summed E-state index contributed by atoms with van der Waals surface area (Å²) in [7, 11) is 0. The van der Waals surface area contributed by atoms with Crippen molar-refractivity contribution in [2.24, 2.45) is 0 Å². The first-order valence-corrected chi connectivity index (χ1v) is 7.76. The molecular weight excluding hydrogens is 366 g/mol. The lowest BCUT2D eigenvalue weighted by atomic mass is 9.94. The lowest BCUT2D eigenvalue weighted by Gasteiger charge is -2.29. The number of rotatable bonds is 3. The van der Waals surface area contributed by atoms with Crippen molar-refractivity contribution in [3.8, 4) is 0 Å². The van der Waals surface area contributed by atoms with Crippen molar-refractivity contribution in [2.45, 2.75) is 13.0 Å². The second-order valence-electron chi connectivity index (χ2n) is 5.79. The third-order valence-electron chi connectivity index (χ3n) is 3.98. The molecular formula is C18H13F4N3O2. The summed E-state index contributed by atoms with van der Waals surface area (Å²) in [4.78, 5) is 24.4. The van der Waals surface area contributed by atoms with E-state index in [9.17, 15) is 27.2 Å². The number of hydrogen-bond donors (Lipinski definition) is 3. The maximum absolute atomic E-state index is 14.2.